The maximum Gasteiger partial charge on any atom is 0.241 e. The van der Waals surface area contributed by atoms with Crippen LogP contribution in [0.5, 0.6) is 0 Å². The van der Waals surface area contributed by atoms with E-state index in [0.29, 0.717) is 23.3 Å². The SMILES string of the molecule is CCc1cccc(CC)c1NC(=O)C1CCN(Cc2nc(-c3ccccc3Cl)no2)CC1. The molecule has 0 radical (unpaired) electrons. The predicted octanol–water partition coefficient (Wildman–Crippen LogP) is 5.37. The van der Waals surface area contributed by atoms with Crippen molar-refractivity contribution < 1.29 is 9.32 Å². The number of rotatable bonds is 7. The first-order valence-electron chi connectivity index (χ1n) is 11.3. The highest BCUT2D eigenvalue weighted by Gasteiger charge is 2.27. The van der Waals surface area contributed by atoms with E-state index in [1.165, 1.54) is 11.1 Å². The van der Waals surface area contributed by atoms with Gasteiger partial charge in [-0.2, -0.15) is 4.98 Å². The number of aryl methyl sites for hydroxylation is 2. The number of benzene rings is 2. The molecule has 1 N–H and O–H groups in total. The molecule has 0 aliphatic carbocycles. The van der Waals surface area contributed by atoms with Crippen molar-refractivity contribution in [2.75, 3.05) is 18.4 Å². The fourth-order valence-corrected chi connectivity index (χ4v) is 4.46. The van der Waals surface area contributed by atoms with Crippen LogP contribution >= 0.6 is 11.6 Å². The topological polar surface area (TPSA) is 71.3 Å². The molecule has 0 spiro atoms. The minimum absolute atomic E-state index is 0.0160. The third-order valence-corrected chi connectivity index (χ3v) is 6.48. The van der Waals surface area contributed by atoms with E-state index in [-0.39, 0.29) is 11.8 Å². The Kier molecular flexibility index (Phi) is 7.22. The summed E-state index contributed by atoms with van der Waals surface area (Å²) in [5.74, 6) is 1.20. The fraction of sp³-hybridized carbons (Fsp3) is 0.400. The first-order chi connectivity index (χ1) is 15.6. The van der Waals surface area contributed by atoms with Gasteiger partial charge in [0.2, 0.25) is 17.6 Å². The van der Waals surface area contributed by atoms with Crippen molar-refractivity contribution in [3.8, 4) is 11.4 Å². The molecule has 2 aromatic carbocycles. The quantitative estimate of drug-likeness (QED) is 0.522. The third-order valence-electron chi connectivity index (χ3n) is 6.15. The highest BCUT2D eigenvalue weighted by Crippen LogP contribution is 2.27. The van der Waals surface area contributed by atoms with Gasteiger partial charge in [0.15, 0.2) is 0 Å². The Morgan fingerprint density at radius 1 is 1.09 bits per heavy atom. The number of halogens is 1. The molecule has 1 aliphatic heterocycles. The van der Waals surface area contributed by atoms with Gasteiger partial charge in [-0.25, -0.2) is 0 Å². The molecule has 0 atom stereocenters. The highest BCUT2D eigenvalue weighted by atomic mass is 35.5. The minimum atomic E-state index is 0.0160. The van der Waals surface area contributed by atoms with Gasteiger partial charge in [0.1, 0.15) is 0 Å². The van der Waals surface area contributed by atoms with Crippen molar-refractivity contribution in [2.24, 2.45) is 5.92 Å². The molecule has 2 heterocycles. The number of hydrogen-bond acceptors (Lipinski definition) is 5. The summed E-state index contributed by atoms with van der Waals surface area (Å²) in [4.78, 5) is 19.7. The number of para-hydroxylation sites is 1. The van der Waals surface area contributed by atoms with Gasteiger partial charge in [-0.15, -0.1) is 0 Å². The van der Waals surface area contributed by atoms with E-state index >= 15 is 0 Å². The molecule has 6 nitrogen and oxygen atoms in total. The van der Waals surface area contributed by atoms with Gasteiger partial charge in [0.25, 0.3) is 0 Å². The molecule has 168 valence electrons. The summed E-state index contributed by atoms with van der Waals surface area (Å²) in [5.41, 5.74) is 4.16. The van der Waals surface area contributed by atoms with Crippen LogP contribution in [0.4, 0.5) is 5.69 Å². The number of piperidine rings is 1. The molecule has 4 rings (SSSR count). The average molecular weight is 453 g/mol. The van der Waals surface area contributed by atoms with E-state index in [1.54, 1.807) is 0 Å². The predicted molar refractivity (Wildman–Crippen MR) is 127 cm³/mol. The fourth-order valence-electron chi connectivity index (χ4n) is 4.24. The van der Waals surface area contributed by atoms with Crippen LogP contribution < -0.4 is 5.32 Å². The number of anilines is 1. The Morgan fingerprint density at radius 3 is 2.44 bits per heavy atom. The standard InChI is InChI=1S/C25H29ClN4O2/c1-3-17-8-7-9-18(4-2)23(17)28-25(31)19-12-14-30(15-13-19)16-22-27-24(29-32-22)20-10-5-6-11-21(20)26/h5-11,19H,3-4,12-16H2,1-2H3,(H,28,31). The average Bonchev–Trinajstić information content (AvgIpc) is 3.28. The zero-order valence-corrected chi connectivity index (χ0v) is 19.4. The number of hydrogen-bond donors (Lipinski definition) is 1. The summed E-state index contributed by atoms with van der Waals surface area (Å²) in [6.07, 6.45) is 3.44. The molecule has 1 fully saturated rings. The van der Waals surface area contributed by atoms with E-state index in [0.717, 1.165) is 50.0 Å². The second-order valence-electron chi connectivity index (χ2n) is 8.19. The Hall–Kier alpha value is -2.70. The minimum Gasteiger partial charge on any atom is -0.338 e. The van der Waals surface area contributed by atoms with Crippen LogP contribution in [0.25, 0.3) is 11.4 Å². The molecule has 1 amide bonds. The van der Waals surface area contributed by atoms with Crippen LogP contribution in [-0.4, -0.2) is 34.0 Å². The van der Waals surface area contributed by atoms with Crippen molar-refractivity contribution in [2.45, 2.75) is 46.1 Å². The Bertz CT molecular complexity index is 1050. The molecule has 0 bridgehead atoms. The van der Waals surface area contributed by atoms with Gasteiger partial charge >= 0.3 is 0 Å². The van der Waals surface area contributed by atoms with Crippen LogP contribution in [-0.2, 0) is 24.2 Å². The summed E-state index contributed by atoms with van der Waals surface area (Å²) in [7, 11) is 0. The number of carbonyl (C=O) groups excluding carboxylic acids is 1. The van der Waals surface area contributed by atoms with Gasteiger partial charge in [0.05, 0.1) is 11.6 Å². The van der Waals surface area contributed by atoms with Crippen molar-refractivity contribution in [1.82, 2.24) is 15.0 Å². The first-order valence-corrected chi connectivity index (χ1v) is 11.7. The zero-order chi connectivity index (χ0) is 22.5. The second-order valence-corrected chi connectivity index (χ2v) is 8.60. The van der Waals surface area contributed by atoms with Crippen LogP contribution in [0.3, 0.4) is 0 Å². The Balaban J connectivity index is 1.33. The number of nitrogens with zero attached hydrogens (tertiary/aromatic N) is 3. The van der Waals surface area contributed by atoms with Crippen molar-refractivity contribution >= 4 is 23.2 Å². The molecule has 3 aromatic rings. The molecule has 0 saturated carbocycles. The number of aromatic nitrogens is 2. The first kappa shape index (κ1) is 22.5. The van der Waals surface area contributed by atoms with Gasteiger partial charge in [-0.3, -0.25) is 9.69 Å². The van der Waals surface area contributed by atoms with Gasteiger partial charge in [-0.05, 0) is 62.0 Å². The van der Waals surface area contributed by atoms with Crippen molar-refractivity contribution in [3.63, 3.8) is 0 Å². The number of carbonyl (C=O) groups is 1. The second kappa shape index (κ2) is 10.3. The van der Waals surface area contributed by atoms with E-state index in [2.05, 4.69) is 52.4 Å². The molecule has 7 heteroatoms. The summed E-state index contributed by atoms with van der Waals surface area (Å²) in [6, 6.07) is 13.7. The smallest absolute Gasteiger partial charge is 0.241 e. The summed E-state index contributed by atoms with van der Waals surface area (Å²) in [5, 5.41) is 7.90. The van der Waals surface area contributed by atoms with Crippen molar-refractivity contribution in [3.05, 3.63) is 64.5 Å². The molecule has 1 saturated heterocycles. The number of likely N-dealkylation sites (tertiary alicyclic amines) is 1. The summed E-state index contributed by atoms with van der Waals surface area (Å²) < 4.78 is 5.44. The number of amides is 1. The van der Waals surface area contributed by atoms with Crippen LogP contribution in [0.2, 0.25) is 5.02 Å². The third kappa shape index (κ3) is 5.03. The van der Waals surface area contributed by atoms with Gasteiger partial charge < -0.3 is 9.84 Å². The Labute approximate surface area is 194 Å². The molecular formula is C25H29ClN4O2. The number of nitrogens with one attached hydrogen (secondary N) is 1. The van der Waals surface area contributed by atoms with E-state index in [9.17, 15) is 4.79 Å². The highest BCUT2D eigenvalue weighted by molar-refractivity contribution is 6.33. The maximum absolute atomic E-state index is 13.0. The van der Waals surface area contributed by atoms with Crippen LogP contribution in [0.15, 0.2) is 47.0 Å². The van der Waals surface area contributed by atoms with Crippen molar-refractivity contribution in [1.29, 1.82) is 0 Å². The Morgan fingerprint density at radius 2 is 1.78 bits per heavy atom. The molecular weight excluding hydrogens is 424 g/mol. The maximum atomic E-state index is 13.0. The lowest BCUT2D eigenvalue weighted by molar-refractivity contribution is -0.121. The summed E-state index contributed by atoms with van der Waals surface area (Å²) in [6.45, 7) is 6.45. The van der Waals surface area contributed by atoms with E-state index in [4.69, 9.17) is 16.1 Å². The van der Waals surface area contributed by atoms with Gasteiger partial charge in [-0.1, -0.05) is 60.9 Å². The lowest BCUT2D eigenvalue weighted by Gasteiger charge is -2.30. The largest absolute Gasteiger partial charge is 0.338 e. The molecule has 0 unspecified atom stereocenters. The zero-order valence-electron chi connectivity index (χ0n) is 18.6. The van der Waals surface area contributed by atoms with E-state index in [1.807, 2.05) is 24.3 Å². The molecule has 1 aromatic heterocycles. The molecule has 32 heavy (non-hydrogen) atoms. The van der Waals surface area contributed by atoms with Crippen LogP contribution in [0, 0.1) is 5.92 Å². The summed E-state index contributed by atoms with van der Waals surface area (Å²) >= 11 is 6.23. The van der Waals surface area contributed by atoms with E-state index < -0.39 is 0 Å². The lowest BCUT2D eigenvalue weighted by Crippen LogP contribution is -2.38. The van der Waals surface area contributed by atoms with Gasteiger partial charge in [0, 0.05) is 17.2 Å². The normalized spacial score (nSPS) is 15.1. The monoisotopic (exact) mass is 452 g/mol. The molecule has 1 aliphatic rings. The van der Waals surface area contributed by atoms with Crippen LogP contribution in [0.1, 0.15) is 43.7 Å². The lowest BCUT2D eigenvalue weighted by atomic mass is 9.95.